The summed E-state index contributed by atoms with van der Waals surface area (Å²) in [7, 11) is 0. The minimum atomic E-state index is -1.71. The highest BCUT2D eigenvalue weighted by molar-refractivity contribution is 5.93. The average molecular weight is 449 g/mol. The molecule has 4 rings (SSSR count). The molecule has 0 bridgehead atoms. The van der Waals surface area contributed by atoms with E-state index in [2.05, 4.69) is 0 Å². The highest BCUT2D eigenvalue weighted by Crippen LogP contribution is 2.45. The van der Waals surface area contributed by atoms with Crippen LogP contribution in [0.1, 0.15) is 0 Å². The van der Waals surface area contributed by atoms with Crippen molar-refractivity contribution in [2.45, 2.75) is 30.7 Å². The first-order valence-electron chi connectivity index (χ1n) is 9.52. The summed E-state index contributed by atoms with van der Waals surface area (Å²) in [5.74, 6) is -1.92. The van der Waals surface area contributed by atoms with Crippen LogP contribution < -0.4 is 4.74 Å². The Bertz CT molecular complexity index is 1130. The number of hydrogen-bond acceptors (Lipinski definition) is 10. The van der Waals surface area contributed by atoms with Gasteiger partial charge >= 0.3 is 11.3 Å². The first-order valence-corrected chi connectivity index (χ1v) is 9.52. The maximum Gasteiger partial charge on any atom is 0.410 e. The quantitative estimate of drug-likeness (QED) is 0.156. The molecule has 3 aromatic rings. The number of rotatable bonds is 4. The normalized spacial score (nSPS) is 25.7. The van der Waals surface area contributed by atoms with E-state index in [-0.39, 0.29) is 28.2 Å². The predicted molar refractivity (Wildman–Crippen MR) is 107 cm³/mol. The molecule has 0 radical (unpaired) electrons. The van der Waals surface area contributed by atoms with Crippen LogP contribution in [0.4, 0.5) is 0 Å². The van der Waals surface area contributed by atoms with E-state index in [0.717, 1.165) is 6.07 Å². The summed E-state index contributed by atoms with van der Waals surface area (Å²) in [6.45, 7) is -0.661. The smallest absolute Gasteiger partial charge is 0.410 e. The topological polar surface area (TPSA) is 192 Å². The molecule has 1 aromatic heterocycles. The van der Waals surface area contributed by atoms with Gasteiger partial charge in [-0.25, -0.2) is 0 Å². The van der Waals surface area contributed by atoms with E-state index in [4.69, 9.17) is 13.9 Å². The monoisotopic (exact) mass is 449 g/mol. The molecule has 1 fully saturated rings. The van der Waals surface area contributed by atoms with Crippen molar-refractivity contribution in [3.63, 3.8) is 0 Å². The van der Waals surface area contributed by atoms with E-state index in [1.807, 2.05) is 0 Å². The van der Waals surface area contributed by atoms with Crippen LogP contribution in [0.25, 0.3) is 22.3 Å². The fourth-order valence-corrected chi connectivity index (χ4v) is 3.42. The Labute approximate surface area is 180 Å². The molecule has 1 aliphatic heterocycles. The van der Waals surface area contributed by atoms with Crippen molar-refractivity contribution >= 4 is 11.0 Å². The van der Waals surface area contributed by atoms with Crippen LogP contribution in [0, 0.1) is 0 Å². The van der Waals surface area contributed by atoms with E-state index >= 15 is 0 Å². The van der Waals surface area contributed by atoms with Gasteiger partial charge in [-0.05, 0) is 24.3 Å². The highest BCUT2D eigenvalue weighted by atomic mass is 16.7. The zero-order chi connectivity index (χ0) is 23.2. The van der Waals surface area contributed by atoms with Gasteiger partial charge in [-0.1, -0.05) is 0 Å². The lowest BCUT2D eigenvalue weighted by atomic mass is 9.99. The van der Waals surface area contributed by atoms with Crippen LogP contribution in [-0.2, 0) is 4.74 Å². The molecular weight excluding hydrogens is 428 g/mol. The van der Waals surface area contributed by atoms with Gasteiger partial charge in [0.25, 0.3) is 5.75 Å². The molecule has 8 N–H and O–H groups in total. The second-order valence-electron chi connectivity index (χ2n) is 7.31. The maximum absolute atomic E-state index is 10.3. The van der Waals surface area contributed by atoms with Crippen molar-refractivity contribution in [3.8, 4) is 40.1 Å². The summed E-state index contributed by atoms with van der Waals surface area (Å²) in [5.41, 5.74) is 0.0678. The number of fused-ring (bicyclic) bond motifs is 1. The Balaban J connectivity index is 1.85. The van der Waals surface area contributed by atoms with Crippen molar-refractivity contribution in [1.29, 1.82) is 0 Å². The zero-order valence-corrected chi connectivity index (χ0v) is 16.4. The van der Waals surface area contributed by atoms with Crippen molar-refractivity contribution in [2.24, 2.45) is 0 Å². The third kappa shape index (κ3) is 3.72. The number of aromatic hydroxyl groups is 4. The van der Waals surface area contributed by atoms with Gasteiger partial charge in [0.05, 0.1) is 12.2 Å². The summed E-state index contributed by atoms with van der Waals surface area (Å²) < 4.78 is 16.8. The van der Waals surface area contributed by atoms with Crippen molar-refractivity contribution in [1.82, 2.24) is 0 Å². The fourth-order valence-electron chi connectivity index (χ4n) is 3.42. The summed E-state index contributed by atoms with van der Waals surface area (Å²) in [6, 6.07) is 7.76. The number of phenolic OH excluding ortho intramolecular Hbond substituents is 4. The molecule has 1 saturated heterocycles. The Morgan fingerprint density at radius 3 is 2.22 bits per heavy atom. The SMILES string of the molecule is OC[C@@H]1O[C@H](Oc2cc3c(O)cc(O)c(O)c3[o+]c2-c2ccc(O)cc2)[C@@H](O)[C@H](O)[C@H]1O. The minimum absolute atomic E-state index is 0.0379. The van der Waals surface area contributed by atoms with Gasteiger partial charge < -0.3 is 50.3 Å². The maximum atomic E-state index is 10.3. The Hall–Kier alpha value is -3.35. The van der Waals surface area contributed by atoms with E-state index in [1.165, 1.54) is 30.3 Å². The van der Waals surface area contributed by atoms with Gasteiger partial charge in [0.1, 0.15) is 41.3 Å². The second-order valence-corrected chi connectivity index (χ2v) is 7.31. The van der Waals surface area contributed by atoms with Crippen molar-refractivity contribution in [2.75, 3.05) is 6.61 Å². The molecular formula is C21H21O11+. The molecule has 0 aliphatic carbocycles. The van der Waals surface area contributed by atoms with E-state index in [0.29, 0.717) is 5.56 Å². The van der Waals surface area contributed by atoms with Gasteiger partial charge in [0, 0.05) is 12.1 Å². The van der Waals surface area contributed by atoms with E-state index in [9.17, 15) is 40.9 Å². The van der Waals surface area contributed by atoms with Gasteiger partial charge in [-0.2, -0.15) is 4.42 Å². The fraction of sp³-hybridized carbons (Fsp3) is 0.286. The van der Waals surface area contributed by atoms with Gasteiger partial charge in [-0.3, -0.25) is 0 Å². The minimum Gasteiger partial charge on any atom is -0.508 e. The summed E-state index contributed by atoms with van der Waals surface area (Å²) in [6.07, 6.45) is -7.76. The molecule has 32 heavy (non-hydrogen) atoms. The summed E-state index contributed by atoms with van der Waals surface area (Å²) in [4.78, 5) is 0. The van der Waals surface area contributed by atoms with E-state index in [1.54, 1.807) is 0 Å². The van der Waals surface area contributed by atoms with Crippen molar-refractivity contribution in [3.05, 3.63) is 36.4 Å². The summed E-state index contributed by atoms with van der Waals surface area (Å²) >= 11 is 0. The Morgan fingerprint density at radius 1 is 0.875 bits per heavy atom. The van der Waals surface area contributed by atoms with Crippen LogP contribution >= 0.6 is 0 Å². The standard InChI is InChI=1S/C21H20O11/c22-7-14-16(27)17(28)18(29)21(31-14)30-13-5-10-11(24)6-12(25)15(26)20(10)32-19(13)8-1-3-9(23)4-2-8/h1-6,14,16-18,21-22,27-29H,7H2,(H3-,23,24,25,26)/p+1/t14-,16-,17+,18-,21-/m0/s1. The molecule has 170 valence electrons. The number of aliphatic hydroxyl groups is 4. The van der Waals surface area contributed by atoms with Gasteiger partial charge in [0.15, 0.2) is 5.75 Å². The number of phenols is 4. The largest absolute Gasteiger partial charge is 0.508 e. The molecule has 5 atom stereocenters. The lowest BCUT2D eigenvalue weighted by Crippen LogP contribution is -2.60. The van der Waals surface area contributed by atoms with Crippen LogP contribution in [0.3, 0.4) is 0 Å². The molecule has 0 saturated carbocycles. The molecule has 2 heterocycles. The first kappa shape index (κ1) is 21.9. The lowest BCUT2D eigenvalue weighted by molar-refractivity contribution is -0.277. The van der Waals surface area contributed by atoms with Crippen LogP contribution in [0.5, 0.6) is 28.7 Å². The lowest BCUT2D eigenvalue weighted by Gasteiger charge is -2.39. The molecule has 2 aromatic carbocycles. The van der Waals surface area contributed by atoms with Crippen LogP contribution in [0.15, 0.2) is 40.8 Å². The van der Waals surface area contributed by atoms with Crippen molar-refractivity contribution < 1.29 is 54.7 Å². The van der Waals surface area contributed by atoms with Crippen LogP contribution in [0.2, 0.25) is 0 Å². The molecule has 0 spiro atoms. The Morgan fingerprint density at radius 2 is 1.56 bits per heavy atom. The number of aliphatic hydroxyl groups excluding tert-OH is 4. The molecule has 0 amide bonds. The third-order valence-electron chi connectivity index (χ3n) is 5.18. The molecule has 11 heteroatoms. The number of hydrogen-bond donors (Lipinski definition) is 8. The molecule has 11 nitrogen and oxygen atoms in total. The average Bonchev–Trinajstić information content (AvgIpc) is 2.78. The number of benzene rings is 2. The van der Waals surface area contributed by atoms with Crippen LogP contribution in [-0.4, -0.2) is 78.2 Å². The van der Waals surface area contributed by atoms with Gasteiger partial charge in [-0.15, -0.1) is 0 Å². The first-order chi connectivity index (χ1) is 15.2. The second kappa shape index (κ2) is 8.30. The number of ether oxygens (including phenoxy) is 2. The molecule has 0 unspecified atom stereocenters. The molecule has 1 aliphatic rings. The predicted octanol–water partition coefficient (Wildman–Crippen LogP) is 0.382. The Kier molecular flexibility index (Phi) is 5.67. The van der Waals surface area contributed by atoms with Gasteiger partial charge in [0.2, 0.25) is 12.0 Å². The third-order valence-corrected chi connectivity index (χ3v) is 5.18. The summed E-state index contributed by atoms with van der Waals surface area (Å²) in [5, 5.41) is 79.4. The van der Waals surface area contributed by atoms with E-state index < -0.39 is 54.6 Å². The zero-order valence-electron chi connectivity index (χ0n) is 16.4. The highest BCUT2D eigenvalue weighted by Gasteiger charge is 2.45.